The van der Waals surface area contributed by atoms with Crippen molar-refractivity contribution in [2.75, 3.05) is 12.4 Å². The second kappa shape index (κ2) is 5.66. The lowest BCUT2D eigenvalue weighted by molar-refractivity contribution is 0.763. The third kappa shape index (κ3) is 3.38. The summed E-state index contributed by atoms with van der Waals surface area (Å²) in [6.07, 6.45) is 1.15. The summed E-state index contributed by atoms with van der Waals surface area (Å²) in [5.74, 6) is 0. The van der Waals surface area contributed by atoms with Crippen molar-refractivity contribution in [3.05, 3.63) is 29.8 Å². The second-order valence-electron chi connectivity index (χ2n) is 3.68. The highest BCUT2D eigenvalue weighted by Crippen LogP contribution is 2.11. The molecule has 1 aromatic carbocycles. The lowest BCUT2D eigenvalue weighted by Gasteiger charge is -2.13. The average Bonchev–Trinajstić information content (AvgIpc) is 2.21. The number of anilines is 1. The molecular formula is C12H20N2. The Labute approximate surface area is 86.7 Å². The minimum atomic E-state index is 0.546. The van der Waals surface area contributed by atoms with Gasteiger partial charge in [0.25, 0.3) is 0 Å². The Kier molecular flexibility index (Phi) is 4.47. The van der Waals surface area contributed by atoms with E-state index in [2.05, 4.69) is 48.7 Å². The van der Waals surface area contributed by atoms with E-state index in [1.807, 2.05) is 7.05 Å². The lowest BCUT2D eigenvalue weighted by atomic mass is 10.2. The largest absolute Gasteiger partial charge is 0.383 e. The van der Waals surface area contributed by atoms with Gasteiger partial charge in [-0.15, -0.1) is 0 Å². The zero-order valence-corrected chi connectivity index (χ0v) is 9.30. The summed E-state index contributed by atoms with van der Waals surface area (Å²) in [6, 6.07) is 9.13. The Bertz CT molecular complexity index is 254. The molecular weight excluding hydrogens is 172 g/mol. The van der Waals surface area contributed by atoms with Crippen LogP contribution in [-0.4, -0.2) is 13.1 Å². The van der Waals surface area contributed by atoms with E-state index >= 15 is 0 Å². The standard InChI is InChI=1S/C12H20N2/c1-4-10(2)14-12-7-5-11(6-8-12)9-13-3/h5-8,10,13-14H,4,9H2,1-3H3. The van der Waals surface area contributed by atoms with E-state index in [0.29, 0.717) is 6.04 Å². The summed E-state index contributed by atoms with van der Waals surface area (Å²) in [5.41, 5.74) is 2.53. The fourth-order valence-electron chi connectivity index (χ4n) is 1.31. The predicted molar refractivity (Wildman–Crippen MR) is 62.6 cm³/mol. The van der Waals surface area contributed by atoms with Gasteiger partial charge in [-0.05, 0) is 38.1 Å². The average molecular weight is 192 g/mol. The van der Waals surface area contributed by atoms with Crippen molar-refractivity contribution >= 4 is 5.69 Å². The molecule has 0 fully saturated rings. The molecule has 0 amide bonds. The molecule has 0 aliphatic heterocycles. The Morgan fingerprint density at radius 1 is 1.21 bits per heavy atom. The molecule has 1 unspecified atom stereocenters. The van der Waals surface area contributed by atoms with Crippen molar-refractivity contribution in [1.82, 2.24) is 5.32 Å². The van der Waals surface area contributed by atoms with E-state index in [1.165, 1.54) is 11.3 Å². The van der Waals surface area contributed by atoms with Gasteiger partial charge < -0.3 is 10.6 Å². The van der Waals surface area contributed by atoms with E-state index in [-0.39, 0.29) is 0 Å². The molecule has 14 heavy (non-hydrogen) atoms. The molecule has 0 heterocycles. The lowest BCUT2D eigenvalue weighted by Crippen LogP contribution is -2.13. The zero-order chi connectivity index (χ0) is 10.4. The maximum atomic E-state index is 3.44. The van der Waals surface area contributed by atoms with Crippen LogP contribution in [-0.2, 0) is 6.54 Å². The van der Waals surface area contributed by atoms with Crippen molar-refractivity contribution in [1.29, 1.82) is 0 Å². The summed E-state index contributed by atoms with van der Waals surface area (Å²) >= 11 is 0. The monoisotopic (exact) mass is 192 g/mol. The highest BCUT2D eigenvalue weighted by molar-refractivity contribution is 5.45. The highest BCUT2D eigenvalue weighted by Gasteiger charge is 1.98. The fourth-order valence-corrected chi connectivity index (χ4v) is 1.31. The summed E-state index contributed by atoms with van der Waals surface area (Å²) in [7, 11) is 1.96. The molecule has 2 nitrogen and oxygen atoms in total. The van der Waals surface area contributed by atoms with Crippen LogP contribution in [0.1, 0.15) is 25.8 Å². The summed E-state index contributed by atoms with van der Waals surface area (Å²) in [6.45, 7) is 5.32. The van der Waals surface area contributed by atoms with Crippen LogP contribution < -0.4 is 10.6 Å². The van der Waals surface area contributed by atoms with Crippen LogP contribution in [0.5, 0.6) is 0 Å². The Hall–Kier alpha value is -1.02. The van der Waals surface area contributed by atoms with Gasteiger partial charge in [-0.1, -0.05) is 19.1 Å². The smallest absolute Gasteiger partial charge is 0.0342 e. The number of rotatable bonds is 5. The topological polar surface area (TPSA) is 24.1 Å². The van der Waals surface area contributed by atoms with E-state index in [0.717, 1.165) is 13.0 Å². The van der Waals surface area contributed by atoms with Crippen molar-refractivity contribution < 1.29 is 0 Å². The van der Waals surface area contributed by atoms with Gasteiger partial charge in [0.2, 0.25) is 0 Å². The molecule has 0 spiro atoms. The van der Waals surface area contributed by atoms with E-state index < -0.39 is 0 Å². The van der Waals surface area contributed by atoms with Crippen LogP contribution in [0.4, 0.5) is 5.69 Å². The van der Waals surface area contributed by atoms with Gasteiger partial charge in [-0.2, -0.15) is 0 Å². The first kappa shape index (κ1) is 11.1. The molecule has 2 heteroatoms. The fraction of sp³-hybridized carbons (Fsp3) is 0.500. The molecule has 0 aliphatic rings. The van der Waals surface area contributed by atoms with Gasteiger partial charge in [0, 0.05) is 18.3 Å². The van der Waals surface area contributed by atoms with Crippen molar-refractivity contribution in [3.63, 3.8) is 0 Å². The van der Waals surface area contributed by atoms with Gasteiger partial charge in [0.15, 0.2) is 0 Å². The van der Waals surface area contributed by atoms with Crippen molar-refractivity contribution in [3.8, 4) is 0 Å². The molecule has 0 saturated carbocycles. The predicted octanol–water partition coefficient (Wildman–Crippen LogP) is 2.62. The molecule has 0 aromatic heterocycles. The minimum absolute atomic E-state index is 0.546. The van der Waals surface area contributed by atoms with Gasteiger partial charge in [-0.3, -0.25) is 0 Å². The van der Waals surface area contributed by atoms with Gasteiger partial charge in [0.1, 0.15) is 0 Å². The third-order valence-electron chi connectivity index (χ3n) is 2.36. The highest BCUT2D eigenvalue weighted by atomic mass is 14.9. The maximum absolute atomic E-state index is 3.44. The second-order valence-corrected chi connectivity index (χ2v) is 3.68. The summed E-state index contributed by atoms with van der Waals surface area (Å²) in [4.78, 5) is 0. The van der Waals surface area contributed by atoms with Crippen LogP contribution in [0, 0.1) is 0 Å². The Balaban J connectivity index is 2.54. The maximum Gasteiger partial charge on any atom is 0.0342 e. The molecule has 1 aromatic rings. The Morgan fingerprint density at radius 2 is 1.86 bits per heavy atom. The quantitative estimate of drug-likeness (QED) is 0.749. The third-order valence-corrected chi connectivity index (χ3v) is 2.36. The van der Waals surface area contributed by atoms with Crippen LogP contribution in [0.25, 0.3) is 0 Å². The van der Waals surface area contributed by atoms with Crippen molar-refractivity contribution in [2.45, 2.75) is 32.9 Å². The van der Waals surface area contributed by atoms with E-state index in [9.17, 15) is 0 Å². The molecule has 2 N–H and O–H groups in total. The van der Waals surface area contributed by atoms with Crippen molar-refractivity contribution in [2.24, 2.45) is 0 Å². The number of nitrogens with one attached hydrogen (secondary N) is 2. The van der Waals surface area contributed by atoms with Crippen LogP contribution >= 0.6 is 0 Å². The minimum Gasteiger partial charge on any atom is -0.383 e. The number of hydrogen-bond acceptors (Lipinski definition) is 2. The molecule has 1 atom stereocenters. The van der Waals surface area contributed by atoms with Gasteiger partial charge >= 0.3 is 0 Å². The normalized spacial score (nSPS) is 12.5. The molecule has 0 radical (unpaired) electrons. The van der Waals surface area contributed by atoms with E-state index in [4.69, 9.17) is 0 Å². The van der Waals surface area contributed by atoms with Gasteiger partial charge in [0.05, 0.1) is 0 Å². The van der Waals surface area contributed by atoms with Crippen LogP contribution in [0.2, 0.25) is 0 Å². The first-order valence-electron chi connectivity index (χ1n) is 5.26. The summed E-state index contributed by atoms with van der Waals surface area (Å²) in [5, 5.41) is 6.58. The molecule has 0 bridgehead atoms. The molecule has 1 rings (SSSR count). The first-order chi connectivity index (χ1) is 6.76. The number of benzene rings is 1. The molecule has 0 saturated heterocycles. The van der Waals surface area contributed by atoms with E-state index in [1.54, 1.807) is 0 Å². The SMILES string of the molecule is CCC(C)Nc1ccc(CNC)cc1. The summed E-state index contributed by atoms with van der Waals surface area (Å²) < 4.78 is 0. The van der Waals surface area contributed by atoms with Gasteiger partial charge in [-0.25, -0.2) is 0 Å². The molecule has 78 valence electrons. The first-order valence-corrected chi connectivity index (χ1v) is 5.26. The van der Waals surface area contributed by atoms with Crippen LogP contribution in [0.3, 0.4) is 0 Å². The number of hydrogen-bond donors (Lipinski definition) is 2. The zero-order valence-electron chi connectivity index (χ0n) is 9.30. The Morgan fingerprint density at radius 3 is 2.36 bits per heavy atom. The van der Waals surface area contributed by atoms with Crippen LogP contribution in [0.15, 0.2) is 24.3 Å². The molecule has 0 aliphatic carbocycles.